The van der Waals surface area contributed by atoms with E-state index in [1.54, 1.807) is 4.90 Å². The quantitative estimate of drug-likeness (QED) is 0.836. The van der Waals surface area contributed by atoms with Crippen molar-refractivity contribution in [2.75, 3.05) is 38.0 Å². The number of amides is 2. The molecule has 0 spiro atoms. The molecule has 2 amide bonds. The molecular formula is C16H22FN3O3. The van der Waals surface area contributed by atoms with Gasteiger partial charge in [-0.1, -0.05) is 0 Å². The average molecular weight is 323 g/mol. The van der Waals surface area contributed by atoms with E-state index in [0.717, 1.165) is 0 Å². The van der Waals surface area contributed by atoms with E-state index in [2.05, 4.69) is 10.2 Å². The smallest absolute Gasteiger partial charge is 0.251 e. The van der Waals surface area contributed by atoms with Crippen LogP contribution in [0.4, 0.5) is 10.1 Å². The average Bonchev–Trinajstić information content (AvgIpc) is 2.55. The van der Waals surface area contributed by atoms with Gasteiger partial charge in [0.05, 0.1) is 0 Å². The predicted octanol–water partition coefficient (Wildman–Crippen LogP) is 0.679. The summed E-state index contributed by atoms with van der Waals surface area (Å²) in [6, 6.07) is 5.64. The van der Waals surface area contributed by atoms with Crippen molar-refractivity contribution < 1.29 is 19.1 Å². The van der Waals surface area contributed by atoms with Crippen molar-refractivity contribution in [3.8, 4) is 0 Å². The van der Waals surface area contributed by atoms with E-state index in [9.17, 15) is 19.1 Å². The molecule has 1 saturated heterocycles. The van der Waals surface area contributed by atoms with Crippen molar-refractivity contribution >= 4 is 17.5 Å². The van der Waals surface area contributed by atoms with E-state index in [1.807, 2.05) is 0 Å². The molecule has 1 heterocycles. The van der Waals surface area contributed by atoms with Crippen LogP contribution in [0.2, 0.25) is 0 Å². The number of carbonyl (C=O) groups is 2. The first-order valence-electron chi connectivity index (χ1n) is 7.70. The highest BCUT2D eigenvalue weighted by Crippen LogP contribution is 2.09. The summed E-state index contributed by atoms with van der Waals surface area (Å²) in [4.78, 5) is 27.3. The number of halogens is 1. The van der Waals surface area contributed by atoms with Crippen LogP contribution in [0.5, 0.6) is 0 Å². The first-order valence-corrected chi connectivity index (χ1v) is 7.70. The van der Waals surface area contributed by atoms with E-state index in [0.29, 0.717) is 44.8 Å². The zero-order valence-corrected chi connectivity index (χ0v) is 13.2. The van der Waals surface area contributed by atoms with Gasteiger partial charge < -0.3 is 15.3 Å². The summed E-state index contributed by atoms with van der Waals surface area (Å²) in [7, 11) is 0. The number of carbonyl (C=O) groups excluding carboxylic acids is 2. The minimum absolute atomic E-state index is 0.126. The number of rotatable bonds is 5. The fourth-order valence-electron chi connectivity index (χ4n) is 2.47. The highest BCUT2D eigenvalue weighted by atomic mass is 19.1. The predicted molar refractivity (Wildman–Crippen MR) is 84.3 cm³/mol. The van der Waals surface area contributed by atoms with Crippen LogP contribution in [0.3, 0.4) is 0 Å². The summed E-state index contributed by atoms with van der Waals surface area (Å²) in [5.41, 5.74) is 0.573. The van der Waals surface area contributed by atoms with Crippen molar-refractivity contribution in [3.63, 3.8) is 0 Å². The van der Waals surface area contributed by atoms with Gasteiger partial charge in [0.25, 0.3) is 5.91 Å². The summed E-state index contributed by atoms with van der Waals surface area (Å²) in [6.45, 7) is 4.55. The number of hydrogen-bond acceptors (Lipinski definition) is 4. The molecule has 1 aliphatic rings. The maximum absolute atomic E-state index is 12.8. The Morgan fingerprint density at radius 2 is 1.83 bits per heavy atom. The van der Waals surface area contributed by atoms with Crippen LogP contribution in [0.15, 0.2) is 24.3 Å². The van der Waals surface area contributed by atoms with Gasteiger partial charge in [-0.15, -0.1) is 0 Å². The number of piperazine rings is 1. The monoisotopic (exact) mass is 323 g/mol. The van der Waals surface area contributed by atoms with Gasteiger partial charge in [-0.2, -0.15) is 0 Å². The van der Waals surface area contributed by atoms with Gasteiger partial charge in [-0.25, -0.2) is 4.39 Å². The minimum atomic E-state index is -0.969. The lowest BCUT2D eigenvalue weighted by molar-refractivity contribution is -0.141. The number of hydrogen-bond donors (Lipinski definition) is 2. The highest BCUT2D eigenvalue weighted by molar-refractivity contribution is 5.90. The Morgan fingerprint density at radius 1 is 1.22 bits per heavy atom. The van der Waals surface area contributed by atoms with Crippen LogP contribution >= 0.6 is 0 Å². The second-order valence-electron chi connectivity index (χ2n) is 5.65. The van der Waals surface area contributed by atoms with Gasteiger partial charge in [0, 0.05) is 44.8 Å². The second kappa shape index (κ2) is 8.03. The fraction of sp³-hybridized carbons (Fsp3) is 0.500. The van der Waals surface area contributed by atoms with Crippen molar-refractivity contribution in [2.24, 2.45) is 0 Å². The number of aliphatic hydroxyl groups is 1. The molecule has 23 heavy (non-hydrogen) atoms. The lowest BCUT2D eigenvalue weighted by Gasteiger charge is -2.35. The van der Waals surface area contributed by atoms with Gasteiger partial charge in [0.2, 0.25) is 5.91 Å². The molecule has 1 aromatic carbocycles. The van der Waals surface area contributed by atoms with E-state index in [-0.39, 0.29) is 17.6 Å². The summed E-state index contributed by atoms with van der Waals surface area (Å²) in [6.07, 6.45) is -0.634. The van der Waals surface area contributed by atoms with Crippen LogP contribution in [0.1, 0.15) is 13.3 Å². The highest BCUT2D eigenvalue weighted by Gasteiger charge is 2.23. The third-order valence-corrected chi connectivity index (χ3v) is 3.82. The Morgan fingerprint density at radius 3 is 2.39 bits per heavy atom. The van der Waals surface area contributed by atoms with Crippen LogP contribution in [0, 0.1) is 5.82 Å². The summed E-state index contributed by atoms with van der Waals surface area (Å²) < 4.78 is 12.8. The molecule has 6 nitrogen and oxygen atoms in total. The zero-order chi connectivity index (χ0) is 16.8. The Kier molecular flexibility index (Phi) is 6.06. The van der Waals surface area contributed by atoms with Gasteiger partial charge >= 0.3 is 0 Å². The number of nitrogens with one attached hydrogen (secondary N) is 1. The molecule has 0 bridgehead atoms. The molecule has 2 N–H and O–H groups in total. The Hall–Kier alpha value is -1.99. The fourth-order valence-corrected chi connectivity index (χ4v) is 2.47. The van der Waals surface area contributed by atoms with Crippen molar-refractivity contribution in [1.82, 2.24) is 9.80 Å². The molecule has 0 radical (unpaired) electrons. The molecule has 0 aromatic heterocycles. The Bertz CT molecular complexity index is 540. The second-order valence-corrected chi connectivity index (χ2v) is 5.65. The lowest BCUT2D eigenvalue weighted by atomic mass is 10.2. The van der Waals surface area contributed by atoms with Crippen LogP contribution in [-0.2, 0) is 9.59 Å². The van der Waals surface area contributed by atoms with Gasteiger partial charge in [-0.3, -0.25) is 14.5 Å². The van der Waals surface area contributed by atoms with E-state index in [1.165, 1.54) is 31.2 Å². The molecule has 7 heteroatoms. The molecule has 2 rings (SSSR count). The number of aliphatic hydroxyl groups excluding tert-OH is 1. The molecule has 0 unspecified atom stereocenters. The first kappa shape index (κ1) is 17.4. The Balaban J connectivity index is 1.69. The maximum Gasteiger partial charge on any atom is 0.251 e. The molecular weight excluding hydrogens is 301 g/mol. The molecule has 1 aliphatic heterocycles. The molecule has 1 atom stereocenters. The molecule has 0 saturated carbocycles. The number of benzene rings is 1. The van der Waals surface area contributed by atoms with Crippen LogP contribution in [0.25, 0.3) is 0 Å². The van der Waals surface area contributed by atoms with Crippen LogP contribution in [-0.4, -0.2) is 65.5 Å². The summed E-state index contributed by atoms with van der Waals surface area (Å²) >= 11 is 0. The number of anilines is 1. The third-order valence-electron chi connectivity index (χ3n) is 3.82. The van der Waals surface area contributed by atoms with Crippen LogP contribution < -0.4 is 5.32 Å². The first-order chi connectivity index (χ1) is 11.0. The van der Waals surface area contributed by atoms with E-state index < -0.39 is 6.10 Å². The molecule has 0 aliphatic carbocycles. The van der Waals surface area contributed by atoms with Crippen molar-refractivity contribution in [1.29, 1.82) is 0 Å². The maximum atomic E-state index is 12.8. The standard InChI is InChI=1S/C16H22FN3O3/c1-12(21)16(23)20-10-8-19(9-11-20)7-6-15(22)18-14-4-2-13(17)3-5-14/h2-5,12,21H,6-11H2,1H3,(H,18,22)/t12-/m0/s1. The molecule has 126 valence electrons. The Labute approximate surface area is 134 Å². The third kappa shape index (κ3) is 5.30. The minimum Gasteiger partial charge on any atom is -0.384 e. The van der Waals surface area contributed by atoms with Gasteiger partial charge in [-0.05, 0) is 31.2 Å². The summed E-state index contributed by atoms with van der Waals surface area (Å²) in [5.74, 6) is -0.717. The zero-order valence-electron chi connectivity index (χ0n) is 13.2. The topological polar surface area (TPSA) is 72.9 Å². The lowest BCUT2D eigenvalue weighted by Crippen LogP contribution is -2.51. The SMILES string of the molecule is C[C@H](O)C(=O)N1CCN(CCC(=O)Nc2ccc(F)cc2)CC1. The van der Waals surface area contributed by atoms with Crippen molar-refractivity contribution in [3.05, 3.63) is 30.1 Å². The van der Waals surface area contributed by atoms with Gasteiger partial charge in [0.15, 0.2) is 0 Å². The number of nitrogens with zero attached hydrogens (tertiary/aromatic N) is 2. The summed E-state index contributed by atoms with van der Waals surface area (Å²) in [5, 5.41) is 12.0. The molecule has 1 aromatic rings. The van der Waals surface area contributed by atoms with Crippen molar-refractivity contribution in [2.45, 2.75) is 19.4 Å². The molecule has 1 fully saturated rings. The largest absolute Gasteiger partial charge is 0.384 e. The normalized spacial score (nSPS) is 16.9. The van der Waals surface area contributed by atoms with E-state index in [4.69, 9.17) is 0 Å². The van der Waals surface area contributed by atoms with Gasteiger partial charge in [0.1, 0.15) is 11.9 Å². The van der Waals surface area contributed by atoms with E-state index >= 15 is 0 Å².